The topological polar surface area (TPSA) is 42.7 Å². The Hall–Kier alpha value is -1.84. The van der Waals surface area contributed by atoms with Crippen molar-refractivity contribution < 1.29 is 0 Å². The van der Waals surface area contributed by atoms with E-state index in [1.165, 1.54) is 49.8 Å². The molecule has 1 saturated carbocycles. The smallest absolute Gasteiger partial charge is 0.137 e. The van der Waals surface area contributed by atoms with Crippen LogP contribution in [0.15, 0.2) is 36.9 Å². The summed E-state index contributed by atoms with van der Waals surface area (Å²) in [5.41, 5.74) is 2.70. The minimum absolute atomic E-state index is 0.909. The fourth-order valence-electron chi connectivity index (χ4n) is 3.31. The van der Waals surface area contributed by atoms with Crippen molar-refractivity contribution in [2.45, 2.75) is 51.5 Å². The summed E-state index contributed by atoms with van der Waals surface area (Å²) in [4.78, 5) is 3.95. The number of hydrogen-bond acceptors (Lipinski definition) is 3. The van der Waals surface area contributed by atoms with E-state index in [1.807, 2.05) is 4.68 Å². The summed E-state index contributed by atoms with van der Waals surface area (Å²) in [6.45, 7) is 1.87. The Morgan fingerprint density at radius 1 is 1.09 bits per heavy atom. The van der Waals surface area contributed by atoms with Gasteiger partial charge in [0.05, 0.1) is 0 Å². The van der Waals surface area contributed by atoms with Crippen LogP contribution in [0.25, 0.3) is 0 Å². The summed E-state index contributed by atoms with van der Waals surface area (Å²) in [6, 6.07) is 9.00. The minimum Gasteiger partial charge on any atom is -0.385 e. The SMILES string of the molecule is c1ncn(CCCNc2ccc(CC3CCCCC3)cc2)n1. The van der Waals surface area contributed by atoms with E-state index in [4.69, 9.17) is 0 Å². The van der Waals surface area contributed by atoms with Gasteiger partial charge in [-0.2, -0.15) is 5.10 Å². The van der Waals surface area contributed by atoms with E-state index in [9.17, 15) is 0 Å². The Kier molecular flexibility index (Phi) is 5.46. The Morgan fingerprint density at radius 3 is 2.64 bits per heavy atom. The third-order valence-electron chi connectivity index (χ3n) is 4.56. The van der Waals surface area contributed by atoms with Crippen LogP contribution < -0.4 is 5.32 Å². The molecule has 1 fully saturated rings. The lowest BCUT2D eigenvalue weighted by molar-refractivity contribution is 0.356. The second-order valence-corrected chi connectivity index (χ2v) is 6.34. The second kappa shape index (κ2) is 7.97. The number of aromatic nitrogens is 3. The van der Waals surface area contributed by atoms with Gasteiger partial charge in [-0.05, 0) is 36.5 Å². The molecule has 0 atom stereocenters. The molecule has 0 aliphatic heterocycles. The molecule has 1 heterocycles. The number of nitrogens with zero attached hydrogens (tertiary/aromatic N) is 3. The predicted octanol–water partition coefficient (Wildman–Crippen LogP) is 3.90. The Labute approximate surface area is 133 Å². The molecule has 118 valence electrons. The Balaban J connectivity index is 1.39. The van der Waals surface area contributed by atoms with Gasteiger partial charge in [0.25, 0.3) is 0 Å². The van der Waals surface area contributed by atoms with Gasteiger partial charge in [0.2, 0.25) is 0 Å². The van der Waals surface area contributed by atoms with Gasteiger partial charge < -0.3 is 5.32 Å². The van der Waals surface area contributed by atoms with E-state index < -0.39 is 0 Å². The Bertz CT molecular complexity index is 527. The quantitative estimate of drug-likeness (QED) is 0.788. The van der Waals surface area contributed by atoms with Crippen molar-refractivity contribution in [1.29, 1.82) is 0 Å². The molecule has 4 nitrogen and oxygen atoms in total. The zero-order chi connectivity index (χ0) is 15.0. The second-order valence-electron chi connectivity index (χ2n) is 6.34. The number of anilines is 1. The van der Waals surface area contributed by atoms with Crippen LogP contribution in [0, 0.1) is 5.92 Å². The first kappa shape index (κ1) is 15.1. The van der Waals surface area contributed by atoms with E-state index in [0.29, 0.717) is 0 Å². The van der Waals surface area contributed by atoms with Crippen LogP contribution in [-0.4, -0.2) is 21.3 Å². The summed E-state index contributed by atoms with van der Waals surface area (Å²) in [7, 11) is 0. The molecule has 1 aliphatic rings. The van der Waals surface area contributed by atoms with Crippen molar-refractivity contribution >= 4 is 5.69 Å². The zero-order valence-corrected chi connectivity index (χ0v) is 13.2. The first-order valence-electron chi connectivity index (χ1n) is 8.55. The summed E-state index contributed by atoms with van der Waals surface area (Å²) in [6.07, 6.45) is 12.8. The summed E-state index contributed by atoms with van der Waals surface area (Å²) >= 11 is 0. The minimum atomic E-state index is 0.909. The average Bonchev–Trinajstić information content (AvgIpc) is 3.07. The molecule has 0 saturated heterocycles. The molecule has 0 unspecified atom stereocenters. The summed E-state index contributed by atoms with van der Waals surface area (Å²) in [5, 5.41) is 7.58. The molecule has 4 heteroatoms. The number of aryl methyl sites for hydroxylation is 1. The van der Waals surface area contributed by atoms with Gasteiger partial charge in [-0.1, -0.05) is 44.2 Å². The summed E-state index contributed by atoms with van der Waals surface area (Å²) < 4.78 is 1.87. The zero-order valence-electron chi connectivity index (χ0n) is 13.2. The maximum absolute atomic E-state index is 4.11. The fourth-order valence-corrected chi connectivity index (χ4v) is 3.31. The monoisotopic (exact) mass is 298 g/mol. The van der Waals surface area contributed by atoms with Gasteiger partial charge in [-0.15, -0.1) is 0 Å². The van der Waals surface area contributed by atoms with Crippen LogP contribution in [0.4, 0.5) is 5.69 Å². The van der Waals surface area contributed by atoms with E-state index in [2.05, 4.69) is 39.7 Å². The van der Waals surface area contributed by atoms with Crippen molar-refractivity contribution in [3.63, 3.8) is 0 Å². The molecule has 3 rings (SSSR count). The summed E-state index contributed by atoms with van der Waals surface area (Å²) in [5.74, 6) is 0.912. The maximum Gasteiger partial charge on any atom is 0.137 e. The highest BCUT2D eigenvalue weighted by Crippen LogP contribution is 2.27. The number of nitrogens with one attached hydrogen (secondary N) is 1. The van der Waals surface area contributed by atoms with Crippen LogP contribution in [0.2, 0.25) is 0 Å². The third kappa shape index (κ3) is 4.58. The van der Waals surface area contributed by atoms with E-state index in [0.717, 1.165) is 25.4 Å². The lowest BCUT2D eigenvalue weighted by Crippen LogP contribution is -2.09. The molecular weight excluding hydrogens is 272 g/mol. The van der Waals surface area contributed by atoms with Crippen molar-refractivity contribution in [2.75, 3.05) is 11.9 Å². The third-order valence-corrected chi connectivity index (χ3v) is 4.56. The lowest BCUT2D eigenvalue weighted by atomic mass is 9.85. The standard InChI is InChI=1S/C18H26N4/c1-2-5-16(6-3-1)13-17-7-9-18(10-8-17)20-11-4-12-22-15-19-14-21-22/h7-10,14-16,20H,1-6,11-13H2. The fraction of sp³-hybridized carbons (Fsp3) is 0.556. The van der Waals surface area contributed by atoms with E-state index >= 15 is 0 Å². The molecular formula is C18H26N4. The van der Waals surface area contributed by atoms with Gasteiger partial charge in [-0.25, -0.2) is 4.98 Å². The molecule has 0 bridgehead atoms. The van der Waals surface area contributed by atoms with Crippen LogP contribution in [0.5, 0.6) is 0 Å². The molecule has 0 spiro atoms. The highest BCUT2D eigenvalue weighted by atomic mass is 15.3. The van der Waals surface area contributed by atoms with Crippen LogP contribution in [-0.2, 0) is 13.0 Å². The maximum atomic E-state index is 4.11. The largest absolute Gasteiger partial charge is 0.385 e. The van der Waals surface area contributed by atoms with E-state index in [1.54, 1.807) is 12.7 Å². The lowest BCUT2D eigenvalue weighted by Gasteiger charge is -2.21. The molecule has 2 aromatic rings. The molecule has 1 aromatic carbocycles. The van der Waals surface area contributed by atoms with Crippen molar-refractivity contribution in [3.8, 4) is 0 Å². The van der Waals surface area contributed by atoms with Gasteiger partial charge in [0.15, 0.2) is 0 Å². The number of benzene rings is 1. The average molecular weight is 298 g/mol. The molecule has 1 aliphatic carbocycles. The highest BCUT2D eigenvalue weighted by molar-refractivity contribution is 5.44. The van der Waals surface area contributed by atoms with Gasteiger partial charge >= 0.3 is 0 Å². The predicted molar refractivity (Wildman–Crippen MR) is 89.8 cm³/mol. The van der Waals surface area contributed by atoms with Crippen LogP contribution in [0.3, 0.4) is 0 Å². The first-order chi connectivity index (χ1) is 10.9. The van der Waals surface area contributed by atoms with Gasteiger partial charge in [-0.3, -0.25) is 4.68 Å². The molecule has 1 aromatic heterocycles. The number of hydrogen-bond donors (Lipinski definition) is 1. The van der Waals surface area contributed by atoms with Crippen LogP contribution in [0.1, 0.15) is 44.1 Å². The van der Waals surface area contributed by atoms with Crippen molar-refractivity contribution in [3.05, 3.63) is 42.5 Å². The molecule has 22 heavy (non-hydrogen) atoms. The van der Waals surface area contributed by atoms with Crippen LogP contribution >= 0.6 is 0 Å². The van der Waals surface area contributed by atoms with Gasteiger partial charge in [0, 0.05) is 18.8 Å². The van der Waals surface area contributed by atoms with Crippen molar-refractivity contribution in [2.24, 2.45) is 5.92 Å². The normalized spacial score (nSPS) is 15.8. The van der Waals surface area contributed by atoms with Gasteiger partial charge in [0.1, 0.15) is 12.7 Å². The molecule has 0 amide bonds. The highest BCUT2D eigenvalue weighted by Gasteiger charge is 2.13. The molecule has 1 N–H and O–H groups in total. The molecule has 0 radical (unpaired) electrons. The van der Waals surface area contributed by atoms with E-state index in [-0.39, 0.29) is 0 Å². The Morgan fingerprint density at radius 2 is 1.91 bits per heavy atom. The number of rotatable bonds is 7. The first-order valence-corrected chi connectivity index (χ1v) is 8.55. The van der Waals surface area contributed by atoms with Crippen molar-refractivity contribution in [1.82, 2.24) is 14.8 Å².